The highest BCUT2D eigenvalue weighted by Crippen LogP contribution is 2.43. The lowest BCUT2D eigenvalue weighted by Crippen LogP contribution is -2.13. The third-order valence-corrected chi connectivity index (χ3v) is 5.80. The van der Waals surface area contributed by atoms with Gasteiger partial charge in [-0.25, -0.2) is 0 Å². The van der Waals surface area contributed by atoms with E-state index in [1.807, 2.05) is 104 Å². The fourth-order valence-electron chi connectivity index (χ4n) is 4.30. The molecule has 4 aromatic carbocycles. The minimum Gasteiger partial charge on any atom is -0.293 e. The first-order valence-corrected chi connectivity index (χ1v) is 10.1. The van der Waals surface area contributed by atoms with Crippen LogP contribution in [0, 0.1) is 6.92 Å². The summed E-state index contributed by atoms with van der Waals surface area (Å²) in [6.45, 7) is 2.00. The maximum atomic E-state index is 13.6. The van der Waals surface area contributed by atoms with Gasteiger partial charge in [-0.15, -0.1) is 0 Å². The number of Topliss-reactive ketones (excluding diaryl/α,β-unsaturated/α-hetero) is 2. The van der Waals surface area contributed by atoms with E-state index in [0.717, 1.165) is 33.4 Å². The van der Waals surface area contributed by atoms with E-state index in [0.29, 0.717) is 11.1 Å². The summed E-state index contributed by atoms with van der Waals surface area (Å²) in [5.74, 6) is -1.01. The Morgan fingerprint density at radius 2 is 0.967 bits per heavy atom. The highest BCUT2D eigenvalue weighted by Gasteiger charge is 2.42. The second kappa shape index (κ2) is 7.23. The number of rotatable bonds is 3. The van der Waals surface area contributed by atoms with Crippen molar-refractivity contribution in [2.24, 2.45) is 0 Å². The molecule has 0 saturated heterocycles. The lowest BCUT2D eigenvalue weighted by molar-refractivity contribution is 0.0890. The summed E-state index contributed by atoms with van der Waals surface area (Å²) in [6.07, 6.45) is 0. The van der Waals surface area contributed by atoms with Crippen LogP contribution < -0.4 is 0 Å². The molecule has 0 aromatic heterocycles. The lowest BCUT2D eigenvalue weighted by atomic mass is 9.90. The van der Waals surface area contributed by atoms with Crippen LogP contribution in [-0.2, 0) is 0 Å². The van der Waals surface area contributed by atoms with Crippen LogP contribution in [0.25, 0.3) is 22.3 Å². The van der Waals surface area contributed by atoms with E-state index in [4.69, 9.17) is 0 Å². The Labute approximate surface area is 175 Å². The zero-order chi connectivity index (χ0) is 20.7. The molecule has 4 aromatic rings. The van der Waals surface area contributed by atoms with Crippen molar-refractivity contribution in [3.8, 4) is 22.3 Å². The van der Waals surface area contributed by atoms with Gasteiger partial charge in [-0.2, -0.15) is 0 Å². The van der Waals surface area contributed by atoms with Crippen molar-refractivity contribution in [3.05, 3.63) is 119 Å². The van der Waals surface area contributed by atoms with Crippen LogP contribution >= 0.6 is 0 Å². The maximum Gasteiger partial charge on any atom is 0.179 e. The Bertz CT molecular complexity index is 1180. The summed E-state index contributed by atoms with van der Waals surface area (Å²) in [6, 6.07) is 31.3. The van der Waals surface area contributed by atoms with E-state index in [2.05, 4.69) is 0 Å². The predicted molar refractivity (Wildman–Crippen MR) is 120 cm³/mol. The average Bonchev–Trinajstić information content (AvgIpc) is 3.06. The average molecular weight is 388 g/mol. The smallest absolute Gasteiger partial charge is 0.179 e. The third-order valence-electron chi connectivity index (χ3n) is 5.80. The molecule has 30 heavy (non-hydrogen) atoms. The molecule has 0 spiro atoms. The van der Waals surface area contributed by atoms with E-state index in [1.165, 1.54) is 0 Å². The maximum absolute atomic E-state index is 13.6. The van der Waals surface area contributed by atoms with Crippen molar-refractivity contribution < 1.29 is 9.59 Å². The topological polar surface area (TPSA) is 34.1 Å². The monoisotopic (exact) mass is 388 g/mol. The van der Waals surface area contributed by atoms with E-state index in [-0.39, 0.29) is 11.6 Å². The van der Waals surface area contributed by atoms with Crippen molar-refractivity contribution in [2.75, 3.05) is 0 Å². The molecule has 0 bridgehead atoms. The molecule has 0 unspecified atom stereocenters. The van der Waals surface area contributed by atoms with Gasteiger partial charge in [0.2, 0.25) is 0 Å². The van der Waals surface area contributed by atoms with Crippen molar-refractivity contribution in [1.82, 2.24) is 0 Å². The molecular formula is C28H20O2. The number of hydrogen-bond donors (Lipinski definition) is 0. The number of carbonyl (C=O) groups is 2. The Hall–Kier alpha value is -3.78. The predicted octanol–water partition coefficient (Wildman–Crippen LogP) is 6.49. The summed E-state index contributed by atoms with van der Waals surface area (Å²) < 4.78 is 0. The molecule has 0 N–H and O–H groups in total. The number of benzene rings is 4. The molecule has 1 aliphatic rings. The first kappa shape index (κ1) is 18.3. The van der Waals surface area contributed by atoms with Crippen LogP contribution in [0.2, 0.25) is 0 Å². The van der Waals surface area contributed by atoms with Gasteiger partial charge in [0.25, 0.3) is 0 Å². The van der Waals surface area contributed by atoms with E-state index < -0.39 is 5.92 Å². The van der Waals surface area contributed by atoms with Crippen molar-refractivity contribution in [3.63, 3.8) is 0 Å². The Morgan fingerprint density at radius 1 is 0.533 bits per heavy atom. The number of fused-ring (bicyclic) bond motifs is 1. The first-order valence-electron chi connectivity index (χ1n) is 10.1. The van der Waals surface area contributed by atoms with Crippen LogP contribution in [0.15, 0.2) is 97.1 Å². The van der Waals surface area contributed by atoms with E-state index in [9.17, 15) is 9.59 Å². The molecule has 0 aliphatic heterocycles. The molecule has 0 radical (unpaired) electrons. The lowest BCUT2D eigenvalue weighted by Gasteiger charge is -2.12. The standard InChI is InChI=1S/C28H20O2/c1-18-12-14-21(15-13-18)24-27(29)25-22(19-8-4-2-5-9-19)16-17-23(26(25)28(24)30)20-10-6-3-7-11-20/h2-17,24H,1H3. The molecule has 0 heterocycles. The summed E-state index contributed by atoms with van der Waals surface area (Å²) in [5.41, 5.74) is 6.46. The fourth-order valence-corrected chi connectivity index (χ4v) is 4.30. The van der Waals surface area contributed by atoms with Crippen LogP contribution in [-0.4, -0.2) is 11.6 Å². The number of carbonyl (C=O) groups excluding carboxylic acids is 2. The quantitative estimate of drug-likeness (QED) is 0.376. The molecule has 0 amide bonds. The molecule has 5 rings (SSSR count). The van der Waals surface area contributed by atoms with E-state index >= 15 is 0 Å². The van der Waals surface area contributed by atoms with Gasteiger partial charge in [0.05, 0.1) is 0 Å². The Balaban J connectivity index is 1.76. The second-order valence-electron chi connectivity index (χ2n) is 7.71. The number of ketones is 2. The van der Waals surface area contributed by atoms with Gasteiger partial charge in [-0.3, -0.25) is 9.59 Å². The minimum atomic E-state index is -0.784. The van der Waals surface area contributed by atoms with Gasteiger partial charge in [-0.05, 0) is 34.7 Å². The number of hydrogen-bond acceptors (Lipinski definition) is 2. The van der Waals surface area contributed by atoms with Crippen molar-refractivity contribution in [2.45, 2.75) is 12.8 Å². The highest BCUT2D eigenvalue weighted by atomic mass is 16.2. The summed E-state index contributed by atoms with van der Waals surface area (Å²) in [5, 5.41) is 0. The molecule has 2 nitrogen and oxygen atoms in total. The van der Waals surface area contributed by atoms with Crippen molar-refractivity contribution in [1.29, 1.82) is 0 Å². The van der Waals surface area contributed by atoms with Crippen LogP contribution in [0.5, 0.6) is 0 Å². The van der Waals surface area contributed by atoms with Gasteiger partial charge in [0, 0.05) is 11.1 Å². The summed E-state index contributed by atoms with van der Waals surface area (Å²) in [4.78, 5) is 27.3. The van der Waals surface area contributed by atoms with Gasteiger partial charge in [0.15, 0.2) is 11.6 Å². The highest BCUT2D eigenvalue weighted by molar-refractivity contribution is 6.33. The van der Waals surface area contributed by atoms with Gasteiger partial charge in [0.1, 0.15) is 5.92 Å². The molecule has 1 aliphatic carbocycles. The molecule has 144 valence electrons. The summed E-state index contributed by atoms with van der Waals surface area (Å²) in [7, 11) is 0. The molecule has 0 atom stereocenters. The molecule has 0 fully saturated rings. The molecule has 2 heteroatoms. The molecule has 0 saturated carbocycles. The zero-order valence-electron chi connectivity index (χ0n) is 16.6. The molecular weight excluding hydrogens is 368 g/mol. The van der Waals surface area contributed by atoms with Crippen molar-refractivity contribution >= 4 is 11.6 Å². The van der Waals surface area contributed by atoms with Crippen LogP contribution in [0.3, 0.4) is 0 Å². The number of aryl methyl sites for hydroxylation is 1. The third kappa shape index (κ3) is 2.89. The van der Waals surface area contributed by atoms with Gasteiger partial charge >= 0.3 is 0 Å². The minimum absolute atomic E-state index is 0.115. The van der Waals surface area contributed by atoms with Crippen LogP contribution in [0.1, 0.15) is 37.8 Å². The van der Waals surface area contributed by atoms with Gasteiger partial charge < -0.3 is 0 Å². The Morgan fingerprint density at radius 3 is 1.40 bits per heavy atom. The fraction of sp³-hybridized carbons (Fsp3) is 0.0714. The largest absolute Gasteiger partial charge is 0.293 e. The van der Waals surface area contributed by atoms with Crippen LogP contribution in [0.4, 0.5) is 0 Å². The Kier molecular flexibility index (Phi) is 4.40. The first-order chi connectivity index (χ1) is 14.6. The normalized spacial score (nSPS) is 13.5. The van der Waals surface area contributed by atoms with Gasteiger partial charge in [-0.1, -0.05) is 103 Å². The summed E-state index contributed by atoms with van der Waals surface area (Å²) >= 11 is 0. The SMILES string of the molecule is Cc1ccc(C2C(=O)c3c(-c4ccccc4)ccc(-c4ccccc4)c3C2=O)cc1. The zero-order valence-corrected chi connectivity index (χ0v) is 16.6. The second-order valence-corrected chi connectivity index (χ2v) is 7.71. The van der Waals surface area contributed by atoms with E-state index in [1.54, 1.807) is 0 Å².